The zero-order valence-corrected chi connectivity index (χ0v) is 14.0. The van der Waals surface area contributed by atoms with Gasteiger partial charge in [0, 0.05) is 29.8 Å². The monoisotopic (exact) mass is 344 g/mol. The molecule has 0 aromatic heterocycles. The van der Waals surface area contributed by atoms with Crippen molar-refractivity contribution in [3.8, 4) is 0 Å². The van der Waals surface area contributed by atoms with Crippen molar-refractivity contribution >= 4 is 29.1 Å². The number of benzene rings is 2. The lowest BCUT2D eigenvalue weighted by atomic mass is 9.97. The molecular weight excluding hydrogens is 328 g/mol. The third kappa shape index (κ3) is 4.52. The second-order valence-electron chi connectivity index (χ2n) is 5.47. The maximum Gasteiger partial charge on any atom is 0.336 e. The van der Waals surface area contributed by atoms with Crippen molar-refractivity contribution < 1.29 is 19.5 Å². The lowest BCUT2D eigenvalue weighted by Crippen LogP contribution is -2.09. The second-order valence-corrected chi connectivity index (χ2v) is 5.91. The van der Waals surface area contributed by atoms with Crippen LogP contribution < -0.4 is 0 Å². The van der Waals surface area contributed by atoms with Crippen molar-refractivity contribution in [1.29, 1.82) is 0 Å². The summed E-state index contributed by atoms with van der Waals surface area (Å²) >= 11 is 5.81. The average molecular weight is 345 g/mol. The Bertz CT molecular complexity index is 778. The van der Waals surface area contributed by atoms with E-state index in [4.69, 9.17) is 11.6 Å². The number of carbonyl (C=O) groups is 3. The van der Waals surface area contributed by atoms with E-state index < -0.39 is 5.97 Å². The molecule has 2 aromatic rings. The molecule has 0 bridgehead atoms. The van der Waals surface area contributed by atoms with E-state index in [1.165, 1.54) is 6.07 Å². The molecular formula is C19H17ClO4. The first-order valence-electron chi connectivity index (χ1n) is 7.56. The van der Waals surface area contributed by atoms with Gasteiger partial charge in [-0.2, -0.15) is 0 Å². The van der Waals surface area contributed by atoms with Crippen molar-refractivity contribution in [1.82, 2.24) is 0 Å². The molecule has 0 atom stereocenters. The highest BCUT2D eigenvalue weighted by molar-refractivity contribution is 6.31. The molecule has 5 heteroatoms. The van der Waals surface area contributed by atoms with Gasteiger partial charge in [0.15, 0.2) is 5.78 Å². The minimum absolute atomic E-state index is 0.0218. The third-order valence-corrected chi connectivity index (χ3v) is 3.96. The van der Waals surface area contributed by atoms with Crippen LogP contribution in [-0.2, 0) is 17.6 Å². The van der Waals surface area contributed by atoms with Gasteiger partial charge in [-0.05, 0) is 23.3 Å². The van der Waals surface area contributed by atoms with Crippen LogP contribution in [0, 0.1) is 0 Å². The van der Waals surface area contributed by atoms with Gasteiger partial charge in [-0.15, -0.1) is 0 Å². The molecule has 2 rings (SSSR count). The number of rotatable bonds is 7. The molecule has 4 nitrogen and oxygen atoms in total. The summed E-state index contributed by atoms with van der Waals surface area (Å²) in [7, 11) is 0. The van der Waals surface area contributed by atoms with Crippen molar-refractivity contribution in [2.24, 2.45) is 0 Å². The molecule has 1 N–H and O–H groups in total. The number of carboxylic acid groups (broad SMARTS) is 1. The summed E-state index contributed by atoms with van der Waals surface area (Å²) in [6.07, 6.45) is 0.812. The lowest BCUT2D eigenvalue weighted by Gasteiger charge is -2.07. The molecule has 124 valence electrons. The van der Waals surface area contributed by atoms with Crippen LogP contribution >= 0.6 is 11.6 Å². The minimum atomic E-state index is -1.12. The first-order valence-corrected chi connectivity index (χ1v) is 7.94. The molecule has 2 aromatic carbocycles. The van der Waals surface area contributed by atoms with Gasteiger partial charge in [0.2, 0.25) is 0 Å². The van der Waals surface area contributed by atoms with E-state index in [0.29, 0.717) is 29.0 Å². The highest BCUT2D eigenvalue weighted by atomic mass is 35.5. The van der Waals surface area contributed by atoms with E-state index in [-0.39, 0.29) is 23.6 Å². The number of halogens is 1. The Kier molecular flexibility index (Phi) is 5.88. The molecule has 0 heterocycles. The average Bonchev–Trinajstić information content (AvgIpc) is 2.56. The molecule has 0 radical (unpaired) electrons. The maximum atomic E-state index is 12.4. The zero-order valence-electron chi connectivity index (χ0n) is 13.2. The number of carboxylic acids is 1. The Hall–Kier alpha value is -2.46. The number of carbonyl (C=O) groups excluding carboxylic acids is 2. The fourth-order valence-electron chi connectivity index (χ4n) is 2.34. The van der Waals surface area contributed by atoms with E-state index in [1.54, 1.807) is 36.4 Å². The first kappa shape index (κ1) is 17.9. The van der Waals surface area contributed by atoms with E-state index in [0.717, 1.165) is 5.56 Å². The lowest BCUT2D eigenvalue weighted by molar-refractivity contribution is -0.118. The van der Waals surface area contributed by atoms with Crippen LogP contribution in [0.1, 0.15) is 45.2 Å². The first-order chi connectivity index (χ1) is 11.4. The Labute approximate surface area is 145 Å². The molecule has 0 spiro atoms. The topological polar surface area (TPSA) is 71.4 Å². The molecule has 0 fully saturated rings. The van der Waals surface area contributed by atoms with Crippen molar-refractivity contribution in [2.75, 3.05) is 0 Å². The van der Waals surface area contributed by atoms with E-state index in [9.17, 15) is 19.5 Å². The molecule has 0 aliphatic rings. The van der Waals surface area contributed by atoms with Gasteiger partial charge in [-0.3, -0.25) is 9.59 Å². The van der Waals surface area contributed by atoms with Crippen molar-refractivity contribution in [2.45, 2.75) is 26.2 Å². The molecule has 0 saturated heterocycles. The third-order valence-electron chi connectivity index (χ3n) is 3.72. The molecule has 0 unspecified atom stereocenters. The number of hydrogen-bond acceptors (Lipinski definition) is 3. The van der Waals surface area contributed by atoms with Crippen LogP contribution in [0.4, 0.5) is 0 Å². The quantitative estimate of drug-likeness (QED) is 0.771. The van der Waals surface area contributed by atoms with E-state index in [1.807, 2.05) is 6.92 Å². The zero-order chi connectivity index (χ0) is 17.7. The fraction of sp³-hybridized carbons (Fsp3) is 0.211. The second kappa shape index (κ2) is 7.88. The summed E-state index contributed by atoms with van der Waals surface area (Å²) in [6, 6.07) is 11.3. The van der Waals surface area contributed by atoms with Gasteiger partial charge in [0.05, 0.1) is 5.56 Å². The summed E-state index contributed by atoms with van der Waals surface area (Å²) in [5, 5.41) is 9.53. The summed E-state index contributed by atoms with van der Waals surface area (Å²) in [4.78, 5) is 35.1. The standard InChI is InChI=1S/C19H17ClO4/c1-2-16(21)9-12-3-5-13(6-4-12)18(22)10-14-7-8-15(20)11-17(14)19(23)24/h3-8,11H,2,9-10H2,1H3,(H,23,24). The molecule has 24 heavy (non-hydrogen) atoms. The fourth-order valence-corrected chi connectivity index (χ4v) is 2.51. The van der Waals surface area contributed by atoms with Crippen LogP contribution in [0.25, 0.3) is 0 Å². The van der Waals surface area contributed by atoms with Crippen LogP contribution in [0.2, 0.25) is 5.02 Å². The number of aromatic carboxylic acids is 1. The van der Waals surface area contributed by atoms with Gasteiger partial charge in [-0.1, -0.05) is 48.9 Å². The molecule has 0 aliphatic carbocycles. The largest absolute Gasteiger partial charge is 0.478 e. The van der Waals surface area contributed by atoms with Gasteiger partial charge in [-0.25, -0.2) is 4.79 Å². The Morgan fingerprint density at radius 2 is 1.67 bits per heavy atom. The summed E-state index contributed by atoms with van der Waals surface area (Å²) in [6.45, 7) is 1.81. The van der Waals surface area contributed by atoms with Crippen LogP contribution in [0.3, 0.4) is 0 Å². The summed E-state index contributed by atoms with van der Waals surface area (Å²) in [5.74, 6) is -1.16. The van der Waals surface area contributed by atoms with Gasteiger partial charge in [0.25, 0.3) is 0 Å². The molecule has 0 aliphatic heterocycles. The van der Waals surface area contributed by atoms with Crippen LogP contribution in [0.5, 0.6) is 0 Å². The Morgan fingerprint density at radius 3 is 2.25 bits per heavy atom. The summed E-state index contributed by atoms with van der Waals surface area (Å²) in [5.41, 5.74) is 1.79. The number of Topliss-reactive ketones (excluding diaryl/α,β-unsaturated/α-hetero) is 2. The minimum Gasteiger partial charge on any atom is -0.478 e. The van der Waals surface area contributed by atoms with Crippen molar-refractivity contribution in [3.05, 3.63) is 69.7 Å². The van der Waals surface area contributed by atoms with Gasteiger partial charge >= 0.3 is 5.97 Å². The van der Waals surface area contributed by atoms with Crippen LogP contribution in [0.15, 0.2) is 42.5 Å². The van der Waals surface area contributed by atoms with Crippen LogP contribution in [-0.4, -0.2) is 22.6 Å². The normalized spacial score (nSPS) is 10.4. The molecule has 0 saturated carbocycles. The predicted octanol–water partition coefficient (Wildman–Crippen LogP) is 3.99. The van der Waals surface area contributed by atoms with E-state index >= 15 is 0 Å². The van der Waals surface area contributed by atoms with Gasteiger partial charge in [0.1, 0.15) is 5.78 Å². The van der Waals surface area contributed by atoms with Gasteiger partial charge < -0.3 is 5.11 Å². The Balaban J connectivity index is 2.16. The predicted molar refractivity (Wildman–Crippen MR) is 91.9 cm³/mol. The smallest absolute Gasteiger partial charge is 0.336 e. The Morgan fingerprint density at radius 1 is 1.00 bits per heavy atom. The highest BCUT2D eigenvalue weighted by Crippen LogP contribution is 2.18. The molecule has 0 amide bonds. The van der Waals surface area contributed by atoms with E-state index in [2.05, 4.69) is 0 Å². The highest BCUT2D eigenvalue weighted by Gasteiger charge is 2.15. The SMILES string of the molecule is CCC(=O)Cc1ccc(C(=O)Cc2ccc(Cl)cc2C(=O)O)cc1. The maximum absolute atomic E-state index is 12.4. The van der Waals surface area contributed by atoms with Crippen molar-refractivity contribution in [3.63, 3.8) is 0 Å². The number of hydrogen-bond donors (Lipinski definition) is 1. The summed E-state index contributed by atoms with van der Waals surface area (Å²) < 4.78 is 0. The number of ketones is 2.